The van der Waals surface area contributed by atoms with E-state index in [1.54, 1.807) is 48.5 Å². The lowest BCUT2D eigenvalue weighted by molar-refractivity contribution is 0.103. The summed E-state index contributed by atoms with van der Waals surface area (Å²) in [4.78, 5) is 12.2. The van der Waals surface area contributed by atoms with E-state index < -0.39 is 0 Å². The lowest BCUT2D eigenvalue weighted by Crippen LogP contribution is -2.02. The smallest absolute Gasteiger partial charge is 0.194 e. The fourth-order valence-electron chi connectivity index (χ4n) is 1.63. The predicted molar refractivity (Wildman–Crippen MR) is 75.7 cm³/mol. The third-order valence-corrected chi connectivity index (χ3v) is 2.89. The number of ketones is 1. The first-order valence-electron chi connectivity index (χ1n) is 5.68. The molecule has 0 saturated heterocycles. The predicted octanol–water partition coefficient (Wildman–Crippen LogP) is 3.58. The lowest BCUT2D eigenvalue weighted by Gasteiger charge is -2.05. The van der Waals surface area contributed by atoms with E-state index in [2.05, 4.69) is 5.92 Å². The molecule has 94 valence electrons. The molecule has 0 atom stereocenters. The van der Waals surface area contributed by atoms with Crippen LogP contribution in [-0.2, 0) is 0 Å². The van der Waals surface area contributed by atoms with Gasteiger partial charge in [-0.1, -0.05) is 29.7 Å². The standard InChI is InChI=1S/C16H11ClO2/c1-2-11-19-13-9-7-12(8-10-13)16(18)14-5-3-4-6-15(14)17/h1,3-10H,11H2. The minimum atomic E-state index is -0.117. The molecule has 2 rings (SSSR count). The average molecular weight is 271 g/mol. The Morgan fingerprint density at radius 2 is 1.84 bits per heavy atom. The Bertz CT molecular complexity index is 624. The van der Waals surface area contributed by atoms with Crippen LogP contribution in [0.15, 0.2) is 48.5 Å². The van der Waals surface area contributed by atoms with Crippen LogP contribution in [-0.4, -0.2) is 12.4 Å². The minimum Gasteiger partial charge on any atom is -0.481 e. The first kappa shape index (κ1) is 13.2. The Morgan fingerprint density at radius 1 is 1.16 bits per heavy atom. The van der Waals surface area contributed by atoms with Crippen molar-refractivity contribution in [2.75, 3.05) is 6.61 Å². The zero-order valence-electron chi connectivity index (χ0n) is 10.1. The Labute approximate surface area is 117 Å². The van der Waals surface area contributed by atoms with Crippen LogP contribution >= 0.6 is 11.6 Å². The first-order chi connectivity index (χ1) is 9.22. The van der Waals surface area contributed by atoms with Gasteiger partial charge in [0.15, 0.2) is 5.78 Å². The van der Waals surface area contributed by atoms with E-state index in [1.165, 1.54) is 0 Å². The number of carbonyl (C=O) groups is 1. The number of carbonyl (C=O) groups excluding carboxylic acids is 1. The Hall–Kier alpha value is -2.24. The Kier molecular flexibility index (Phi) is 4.22. The van der Waals surface area contributed by atoms with Gasteiger partial charge in [-0.2, -0.15) is 0 Å². The fraction of sp³-hybridized carbons (Fsp3) is 0.0625. The molecule has 0 N–H and O–H groups in total. The van der Waals surface area contributed by atoms with Crippen LogP contribution in [0.1, 0.15) is 15.9 Å². The SMILES string of the molecule is C#CCOc1ccc(C(=O)c2ccccc2Cl)cc1. The summed E-state index contributed by atoms with van der Waals surface area (Å²) < 4.78 is 5.25. The van der Waals surface area contributed by atoms with Crippen LogP contribution in [0.4, 0.5) is 0 Å². The monoisotopic (exact) mass is 270 g/mol. The highest BCUT2D eigenvalue weighted by atomic mass is 35.5. The van der Waals surface area contributed by atoms with Gasteiger partial charge in [0, 0.05) is 11.1 Å². The van der Waals surface area contributed by atoms with Crippen molar-refractivity contribution in [1.29, 1.82) is 0 Å². The normalized spacial score (nSPS) is 9.68. The van der Waals surface area contributed by atoms with Crippen LogP contribution < -0.4 is 4.74 Å². The van der Waals surface area contributed by atoms with Crippen molar-refractivity contribution in [2.45, 2.75) is 0 Å². The summed E-state index contributed by atoms with van der Waals surface area (Å²) in [5.41, 5.74) is 1.04. The molecule has 2 nitrogen and oxygen atoms in total. The number of hydrogen-bond acceptors (Lipinski definition) is 2. The largest absolute Gasteiger partial charge is 0.481 e. The highest BCUT2D eigenvalue weighted by molar-refractivity contribution is 6.34. The molecule has 0 fully saturated rings. The van der Waals surface area contributed by atoms with E-state index in [1.807, 2.05) is 0 Å². The Morgan fingerprint density at radius 3 is 2.47 bits per heavy atom. The zero-order chi connectivity index (χ0) is 13.7. The van der Waals surface area contributed by atoms with Crippen molar-refractivity contribution < 1.29 is 9.53 Å². The van der Waals surface area contributed by atoms with Crippen molar-refractivity contribution in [3.8, 4) is 18.1 Å². The average Bonchev–Trinajstić information content (AvgIpc) is 2.45. The van der Waals surface area contributed by atoms with Gasteiger partial charge < -0.3 is 4.74 Å². The van der Waals surface area contributed by atoms with Crippen LogP contribution in [0.25, 0.3) is 0 Å². The van der Waals surface area contributed by atoms with E-state index in [0.717, 1.165) is 0 Å². The highest BCUT2D eigenvalue weighted by Gasteiger charge is 2.11. The molecule has 2 aromatic carbocycles. The van der Waals surface area contributed by atoms with E-state index in [-0.39, 0.29) is 12.4 Å². The van der Waals surface area contributed by atoms with Crippen LogP contribution in [0.5, 0.6) is 5.75 Å². The molecule has 0 aliphatic carbocycles. The van der Waals surface area contributed by atoms with Gasteiger partial charge in [-0.15, -0.1) is 6.42 Å². The molecule has 0 unspecified atom stereocenters. The van der Waals surface area contributed by atoms with Gasteiger partial charge >= 0.3 is 0 Å². The summed E-state index contributed by atoms with van der Waals surface area (Å²) in [5, 5.41) is 0.445. The number of hydrogen-bond donors (Lipinski definition) is 0. The van der Waals surface area contributed by atoms with Crippen LogP contribution in [0, 0.1) is 12.3 Å². The zero-order valence-corrected chi connectivity index (χ0v) is 10.9. The molecule has 0 aliphatic heterocycles. The van der Waals surface area contributed by atoms with E-state index in [4.69, 9.17) is 22.8 Å². The molecule has 3 heteroatoms. The molecule has 0 radical (unpaired) electrons. The second-order valence-electron chi connectivity index (χ2n) is 3.83. The quantitative estimate of drug-likeness (QED) is 0.627. The van der Waals surface area contributed by atoms with Crippen molar-refractivity contribution in [3.05, 3.63) is 64.7 Å². The maximum atomic E-state index is 12.2. The molecule has 0 aromatic heterocycles. The molecule has 0 spiro atoms. The highest BCUT2D eigenvalue weighted by Crippen LogP contribution is 2.20. The van der Waals surface area contributed by atoms with Crippen molar-refractivity contribution in [3.63, 3.8) is 0 Å². The van der Waals surface area contributed by atoms with E-state index in [9.17, 15) is 4.79 Å². The molecular weight excluding hydrogens is 260 g/mol. The maximum Gasteiger partial charge on any atom is 0.194 e. The number of ether oxygens (including phenoxy) is 1. The first-order valence-corrected chi connectivity index (χ1v) is 6.05. The molecule has 19 heavy (non-hydrogen) atoms. The molecule has 0 saturated carbocycles. The molecular formula is C16H11ClO2. The minimum absolute atomic E-state index is 0.117. The molecule has 0 aliphatic rings. The third-order valence-electron chi connectivity index (χ3n) is 2.56. The van der Waals surface area contributed by atoms with Crippen molar-refractivity contribution in [1.82, 2.24) is 0 Å². The van der Waals surface area contributed by atoms with Gasteiger partial charge in [-0.3, -0.25) is 4.79 Å². The van der Waals surface area contributed by atoms with Crippen LogP contribution in [0.3, 0.4) is 0 Å². The summed E-state index contributed by atoms with van der Waals surface area (Å²) in [5.74, 6) is 2.90. The Balaban J connectivity index is 2.21. The second kappa shape index (κ2) is 6.08. The molecule has 2 aromatic rings. The van der Waals surface area contributed by atoms with Gasteiger partial charge in [-0.05, 0) is 36.4 Å². The van der Waals surface area contributed by atoms with Gasteiger partial charge in [0.2, 0.25) is 0 Å². The lowest BCUT2D eigenvalue weighted by atomic mass is 10.0. The van der Waals surface area contributed by atoms with Gasteiger partial charge in [0.1, 0.15) is 12.4 Å². The number of rotatable bonds is 4. The van der Waals surface area contributed by atoms with E-state index >= 15 is 0 Å². The number of halogens is 1. The van der Waals surface area contributed by atoms with Gasteiger partial charge in [0.05, 0.1) is 5.02 Å². The fourth-order valence-corrected chi connectivity index (χ4v) is 1.85. The van der Waals surface area contributed by atoms with Crippen molar-refractivity contribution >= 4 is 17.4 Å². The summed E-state index contributed by atoms with van der Waals surface area (Å²) >= 11 is 6.00. The summed E-state index contributed by atoms with van der Waals surface area (Å²) in [6, 6.07) is 13.8. The molecule has 0 heterocycles. The number of benzene rings is 2. The topological polar surface area (TPSA) is 26.3 Å². The van der Waals surface area contributed by atoms with E-state index in [0.29, 0.717) is 21.9 Å². The third kappa shape index (κ3) is 3.15. The second-order valence-corrected chi connectivity index (χ2v) is 4.23. The molecule has 0 bridgehead atoms. The molecule has 0 amide bonds. The summed E-state index contributed by atoms with van der Waals surface area (Å²) in [6.07, 6.45) is 5.10. The number of terminal acetylenes is 1. The van der Waals surface area contributed by atoms with Crippen molar-refractivity contribution in [2.24, 2.45) is 0 Å². The van der Waals surface area contributed by atoms with Gasteiger partial charge in [-0.25, -0.2) is 0 Å². The summed E-state index contributed by atoms with van der Waals surface area (Å²) in [6.45, 7) is 0.206. The van der Waals surface area contributed by atoms with Gasteiger partial charge in [0.25, 0.3) is 0 Å². The summed E-state index contributed by atoms with van der Waals surface area (Å²) in [7, 11) is 0. The maximum absolute atomic E-state index is 12.2. The van der Waals surface area contributed by atoms with Crippen LogP contribution in [0.2, 0.25) is 5.02 Å².